The van der Waals surface area contributed by atoms with Crippen molar-refractivity contribution in [2.24, 2.45) is 5.92 Å². The third kappa shape index (κ3) is 4.07. The smallest absolute Gasteiger partial charge is 0.250 e. The van der Waals surface area contributed by atoms with E-state index in [4.69, 9.17) is 0 Å². The van der Waals surface area contributed by atoms with E-state index in [1.54, 1.807) is 6.92 Å². The van der Waals surface area contributed by atoms with Gasteiger partial charge in [-0.15, -0.1) is 11.3 Å². The van der Waals surface area contributed by atoms with Crippen LogP contribution in [0.3, 0.4) is 0 Å². The predicted molar refractivity (Wildman–Crippen MR) is 117 cm³/mol. The minimum atomic E-state index is -3.11. The number of benzene rings is 1. The van der Waals surface area contributed by atoms with E-state index in [0.717, 1.165) is 17.1 Å². The van der Waals surface area contributed by atoms with Crippen molar-refractivity contribution < 1.29 is 19.0 Å². The van der Waals surface area contributed by atoms with E-state index in [1.165, 1.54) is 11.3 Å². The summed E-state index contributed by atoms with van der Waals surface area (Å²) < 4.78 is 28.8. The Morgan fingerprint density at radius 1 is 1.26 bits per heavy atom. The fourth-order valence-electron chi connectivity index (χ4n) is 4.02. The van der Waals surface area contributed by atoms with Gasteiger partial charge in [-0.25, -0.2) is 18.7 Å². The molecule has 0 radical (unpaired) electrons. The van der Waals surface area contributed by atoms with Gasteiger partial charge in [0, 0.05) is 6.54 Å². The lowest BCUT2D eigenvalue weighted by molar-refractivity contribution is -0.117. The van der Waals surface area contributed by atoms with Crippen molar-refractivity contribution in [3.05, 3.63) is 30.0 Å². The summed E-state index contributed by atoms with van der Waals surface area (Å²) in [6.07, 6.45) is -1.72. The second kappa shape index (κ2) is 7.92. The van der Waals surface area contributed by atoms with Gasteiger partial charge in [0.2, 0.25) is 5.95 Å². The molecule has 4 rings (SSSR count). The maximum Gasteiger partial charge on any atom is 0.250 e. The van der Waals surface area contributed by atoms with Crippen LogP contribution in [-0.4, -0.2) is 49.5 Å². The summed E-state index contributed by atoms with van der Waals surface area (Å²) in [7, 11) is 0. The number of alkyl halides is 2. The van der Waals surface area contributed by atoms with Gasteiger partial charge in [0.1, 0.15) is 16.9 Å². The number of thiazole rings is 1. The molecule has 3 atom stereocenters. The van der Waals surface area contributed by atoms with Crippen LogP contribution in [0.5, 0.6) is 0 Å². The highest BCUT2D eigenvalue weighted by Gasteiger charge is 2.54. The minimum Gasteiger partial charge on any atom is -0.388 e. The maximum absolute atomic E-state index is 13.9. The monoisotopic (exact) mass is 449 g/mol. The molecule has 1 saturated carbocycles. The highest BCUT2D eigenvalue weighted by Crippen LogP contribution is 2.45. The van der Waals surface area contributed by atoms with Crippen molar-refractivity contribution in [1.82, 2.24) is 15.0 Å². The first-order valence-corrected chi connectivity index (χ1v) is 11.0. The number of aromatic nitrogens is 3. The number of fused-ring (bicyclic) bond motifs is 1. The quantitative estimate of drug-likeness (QED) is 0.422. The highest BCUT2D eigenvalue weighted by molar-refractivity contribution is 7.21. The SMILES string of the molecule is CCNc1nc(C)c(-c2nc3ccccc3s2)c(NC2(O)CCC(C(C)(F)F)C2O)n1. The third-order valence-corrected chi connectivity index (χ3v) is 6.68. The molecule has 4 N–H and O–H groups in total. The van der Waals surface area contributed by atoms with Crippen LogP contribution in [-0.2, 0) is 0 Å². The molecule has 0 amide bonds. The summed E-state index contributed by atoms with van der Waals surface area (Å²) in [6, 6.07) is 7.66. The normalized spacial score (nSPS) is 24.0. The van der Waals surface area contributed by atoms with E-state index in [9.17, 15) is 19.0 Å². The van der Waals surface area contributed by atoms with Crippen molar-refractivity contribution in [2.45, 2.75) is 51.4 Å². The van der Waals surface area contributed by atoms with Gasteiger partial charge in [0.05, 0.1) is 27.4 Å². The van der Waals surface area contributed by atoms with Crippen molar-refractivity contribution in [3.63, 3.8) is 0 Å². The molecule has 0 aliphatic heterocycles. The number of rotatable bonds is 6. The van der Waals surface area contributed by atoms with Gasteiger partial charge in [-0.1, -0.05) is 12.1 Å². The Labute approximate surface area is 182 Å². The molecular weight excluding hydrogens is 424 g/mol. The number of aliphatic hydroxyl groups excluding tert-OH is 1. The number of halogens is 2. The van der Waals surface area contributed by atoms with Gasteiger partial charge in [-0.2, -0.15) is 4.98 Å². The van der Waals surface area contributed by atoms with Gasteiger partial charge in [0.25, 0.3) is 5.92 Å². The number of nitrogens with one attached hydrogen (secondary N) is 2. The van der Waals surface area contributed by atoms with E-state index < -0.39 is 23.7 Å². The van der Waals surface area contributed by atoms with Crippen LogP contribution in [0.15, 0.2) is 24.3 Å². The first-order chi connectivity index (χ1) is 14.6. The Morgan fingerprint density at radius 2 is 2.00 bits per heavy atom. The van der Waals surface area contributed by atoms with Crippen molar-refractivity contribution in [3.8, 4) is 10.6 Å². The summed E-state index contributed by atoms with van der Waals surface area (Å²) in [5, 5.41) is 28.2. The lowest BCUT2D eigenvalue weighted by atomic mass is 9.97. The number of aryl methyl sites for hydroxylation is 1. The maximum atomic E-state index is 13.9. The molecule has 0 saturated heterocycles. The zero-order chi connectivity index (χ0) is 22.4. The Morgan fingerprint density at radius 3 is 2.65 bits per heavy atom. The molecule has 10 heteroatoms. The van der Waals surface area contributed by atoms with Crippen LogP contribution >= 0.6 is 11.3 Å². The first kappa shape index (κ1) is 21.8. The van der Waals surface area contributed by atoms with Gasteiger partial charge < -0.3 is 20.8 Å². The Kier molecular flexibility index (Phi) is 5.57. The Balaban J connectivity index is 1.79. The highest BCUT2D eigenvalue weighted by atomic mass is 32.1. The van der Waals surface area contributed by atoms with E-state index >= 15 is 0 Å². The standard InChI is InChI=1S/C21H25F2N5O2S/c1-4-24-19-25-11(2)15(18-26-13-7-5-6-8-14(13)31-18)17(27-19)28-21(30)10-9-12(16(21)29)20(3,22)23/h5-8,12,16,29-30H,4,9-10H2,1-3H3,(H2,24,25,27,28). The van der Waals surface area contributed by atoms with E-state index in [2.05, 4.69) is 25.6 Å². The average molecular weight is 450 g/mol. The van der Waals surface area contributed by atoms with Gasteiger partial charge in [0.15, 0.2) is 5.72 Å². The molecule has 1 aliphatic rings. The molecule has 7 nitrogen and oxygen atoms in total. The summed E-state index contributed by atoms with van der Waals surface area (Å²) in [5.41, 5.74) is 0.0462. The number of anilines is 2. The number of hydrogen-bond donors (Lipinski definition) is 4. The molecule has 3 aromatic rings. The molecule has 2 heterocycles. The molecule has 1 aromatic carbocycles. The van der Waals surface area contributed by atoms with E-state index in [-0.39, 0.29) is 18.7 Å². The minimum absolute atomic E-state index is 0.0191. The summed E-state index contributed by atoms with van der Waals surface area (Å²) in [4.78, 5) is 13.6. The fraction of sp³-hybridized carbons (Fsp3) is 0.476. The molecule has 2 aromatic heterocycles. The average Bonchev–Trinajstić information content (AvgIpc) is 3.22. The number of nitrogens with zero attached hydrogens (tertiary/aromatic N) is 3. The van der Waals surface area contributed by atoms with Crippen LogP contribution in [0, 0.1) is 12.8 Å². The van der Waals surface area contributed by atoms with Crippen molar-refractivity contribution in [1.29, 1.82) is 0 Å². The summed E-state index contributed by atoms with van der Waals surface area (Å²) >= 11 is 1.44. The topological polar surface area (TPSA) is 103 Å². The lowest BCUT2D eigenvalue weighted by Crippen LogP contribution is -2.50. The molecule has 0 bridgehead atoms. The first-order valence-electron chi connectivity index (χ1n) is 10.2. The Bertz CT molecular complexity index is 1070. The lowest BCUT2D eigenvalue weighted by Gasteiger charge is -2.32. The van der Waals surface area contributed by atoms with Crippen molar-refractivity contribution in [2.75, 3.05) is 17.2 Å². The third-order valence-electron chi connectivity index (χ3n) is 5.63. The van der Waals surface area contributed by atoms with E-state index in [0.29, 0.717) is 28.8 Å². The number of para-hydroxylation sites is 1. The molecule has 1 aliphatic carbocycles. The van der Waals surface area contributed by atoms with Gasteiger partial charge >= 0.3 is 0 Å². The van der Waals surface area contributed by atoms with Gasteiger partial charge in [-0.05, 0) is 45.7 Å². The summed E-state index contributed by atoms with van der Waals surface area (Å²) in [6.45, 7) is 5.04. The number of aliphatic hydroxyl groups is 2. The number of hydrogen-bond acceptors (Lipinski definition) is 8. The van der Waals surface area contributed by atoms with Crippen molar-refractivity contribution >= 4 is 33.3 Å². The van der Waals surface area contributed by atoms with Crippen LogP contribution < -0.4 is 10.6 Å². The molecule has 166 valence electrons. The fourth-order valence-corrected chi connectivity index (χ4v) is 5.09. The zero-order valence-corrected chi connectivity index (χ0v) is 18.3. The van der Waals surface area contributed by atoms with Crippen LogP contribution in [0.4, 0.5) is 20.5 Å². The van der Waals surface area contributed by atoms with Crippen LogP contribution in [0.2, 0.25) is 0 Å². The molecule has 31 heavy (non-hydrogen) atoms. The van der Waals surface area contributed by atoms with E-state index in [1.807, 2.05) is 31.2 Å². The molecule has 3 unspecified atom stereocenters. The van der Waals surface area contributed by atoms with Crippen LogP contribution in [0.1, 0.15) is 32.4 Å². The largest absolute Gasteiger partial charge is 0.388 e. The summed E-state index contributed by atoms with van der Waals surface area (Å²) in [5.74, 6) is -3.89. The molecule has 1 fully saturated rings. The second-order valence-corrected chi connectivity index (χ2v) is 9.00. The second-order valence-electron chi connectivity index (χ2n) is 7.97. The molecule has 0 spiro atoms. The van der Waals surface area contributed by atoms with Gasteiger partial charge in [-0.3, -0.25) is 0 Å². The van der Waals surface area contributed by atoms with Crippen LogP contribution in [0.25, 0.3) is 20.8 Å². The Hall–Kier alpha value is -2.43. The predicted octanol–water partition coefficient (Wildman–Crippen LogP) is 4.02. The zero-order valence-electron chi connectivity index (χ0n) is 17.5. The molecular formula is C21H25F2N5O2S.